The van der Waals surface area contributed by atoms with Gasteiger partial charge in [0.05, 0.1) is 16.9 Å². The molecule has 1 rings (SSSR count). The zero-order valence-electron chi connectivity index (χ0n) is 15.0. The molecule has 0 saturated carbocycles. The molecule has 134 valence electrons. The quantitative estimate of drug-likeness (QED) is 0.462. The lowest BCUT2D eigenvalue weighted by Gasteiger charge is -2.39. The third-order valence-corrected chi connectivity index (χ3v) is 6.12. The Balaban J connectivity index is 2.55. The van der Waals surface area contributed by atoms with Gasteiger partial charge in [-0.25, -0.2) is 8.42 Å². The zero-order chi connectivity index (χ0) is 17.9. The van der Waals surface area contributed by atoms with Crippen LogP contribution in [0.3, 0.4) is 0 Å². The molecule has 0 unspecified atom stereocenters. The molecule has 0 aromatic rings. The van der Waals surface area contributed by atoms with E-state index in [2.05, 4.69) is 10.3 Å². The third-order valence-electron chi connectivity index (χ3n) is 3.59. The van der Waals surface area contributed by atoms with Crippen LogP contribution in [0.15, 0.2) is 4.99 Å². The van der Waals surface area contributed by atoms with Gasteiger partial charge in [0.15, 0.2) is 15.8 Å². The fraction of sp³-hybridized carbons (Fsp3) is 0.867. The van der Waals surface area contributed by atoms with Gasteiger partial charge in [-0.2, -0.15) is 0 Å². The topological polar surface area (TPSA) is 88.1 Å². The van der Waals surface area contributed by atoms with E-state index < -0.39 is 20.2 Å². The van der Waals surface area contributed by atoms with E-state index in [9.17, 15) is 13.2 Å². The normalized spacial score (nSPS) is 21.0. The molecule has 0 aromatic heterocycles. The van der Waals surface area contributed by atoms with Crippen molar-refractivity contribution in [3.05, 3.63) is 0 Å². The van der Waals surface area contributed by atoms with Crippen molar-refractivity contribution in [2.24, 2.45) is 4.99 Å². The lowest BCUT2D eigenvalue weighted by atomic mass is 10.2. The number of guanidine groups is 1. The summed E-state index contributed by atoms with van der Waals surface area (Å²) in [6.07, 6.45) is 0.228. The maximum Gasteiger partial charge on any atom is 0.308 e. The van der Waals surface area contributed by atoms with Gasteiger partial charge in [0.1, 0.15) is 5.60 Å². The smallest absolute Gasteiger partial charge is 0.308 e. The second kappa shape index (κ2) is 7.07. The monoisotopic (exact) mass is 347 g/mol. The first kappa shape index (κ1) is 19.7. The Morgan fingerprint density at radius 1 is 1.35 bits per heavy atom. The highest BCUT2D eigenvalue weighted by atomic mass is 32.2. The van der Waals surface area contributed by atoms with Crippen LogP contribution in [0.25, 0.3) is 0 Å². The van der Waals surface area contributed by atoms with E-state index in [4.69, 9.17) is 4.74 Å². The van der Waals surface area contributed by atoms with Gasteiger partial charge in [-0.1, -0.05) is 0 Å². The SMILES string of the molecule is CN=C(NCCC(=O)OC(C)(C)C)N1CCS(=O)(=O)C(C)(C)C1. The number of carbonyl (C=O) groups excluding carboxylic acids is 1. The van der Waals surface area contributed by atoms with E-state index in [0.29, 0.717) is 25.6 Å². The van der Waals surface area contributed by atoms with E-state index in [0.717, 1.165) is 0 Å². The Labute approximate surface area is 139 Å². The molecule has 0 amide bonds. The number of ether oxygens (including phenoxy) is 1. The number of aliphatic imine (C=N–C) groups is 1. The molecule has 1 aliphatic heterocycles. The van der Waals surface area contributed by atoms with Crippen LogP contribution >= 0.6 is 0 Å². The number of carbonyl (C=O) groups is 1. The average Bonchev–Trinajstić information content (AvgIpc) is 2.36. The van der Waals surface area contributed by atoms with Crippen LogP contribution in [-0.2, 0) is 19.4 Å². The second-order valence-electron chi connectivity index (χ2n) is 7.31. The number of nitrogens with zero attached hydrogens (tertiary/aromatic N) is 2. The first-order valence-corrected chi connectivity index (χ1v) is 9.43. The summed E-state index contributed by atoms with van der Waals surface area (Å²) in [5.41, 5.74) is -0.496. The summed E-state index contributed by atoms with van der Waals surface area (Å²) < 4.78 is 28.5. The number of nitrogens with one attached hydrogen (secondary N) is 1. The van der Waals surface area contributed by atoms with Crippen molar-refractivity contribution in [3.63, 3.8) is 0 Å². The zero-order valence-corrected chi connectivity index (χ0v) is 15.8. The van der Waals surface area contributed by atoms with E-state index in [-0.39, 0.29) is 18.1 Å². The molecule has 7 nitrogen and oxygen atoms in total. The molecule has 1 N–H and O–H groups in total. The highest BCUT2D eigenvalue weighted by molar-refractivity contribution is 7.92. The van der Waals surface area contributed by atoms with Crippen molar-refractivity contribution < 1.29 is 17.9 Å². The lowest BCUT2D eigenvalue weighted by Crippen LogP contribution is -2.57. The Kier molecular flexibility index (Phi) is 6.06. The van der Waals surface area contributed by atoms with Crippen molar-refractivity contribution in [2.75, 3.05) is 32.4 Å². The molecule has 0 aromatic carbocycles. The fourth-order valence-electron chi connectivity index (χ4n) is 2.33. The predicted octanol–water partition coefficient (Wildman–Crippen LogP) is 0.803. The Morgan fingerprint density at radius 3 is 2.43 bits per heavy atom. The largest absolute Gasteiger partial charge is 0.460 e. The van der Waals surface area contributed by atoms with Crippen molar-refractivity contribution in [2.45, 2.75) is 51.4 Å². The van der Waals surface area contributed by atoms with Gasteiger partial charge in [0.25, 0.3) is 0 Å². The van der Waals surface area contributed by atoms with E-state index >= 15 is 0 Å². The molecule has 0 bridgehead atoms. The molecule has 0 atom stereocenters. The van der Waals surface area contributed by atoms with Crippen LogP contribution in [0.5, 0.6) is 0 Å². The van der Waals surface area contributed by atoms with Crippen molar-refractivity contribution in [1.82, 2.24) is 10.2 Å². The summed E-state index contributed by atoms with van der Waals surface area (Å²) in [6, 6.07) is 0. The molecule has 0 spiro atoms. The molecule has 23 heavy (non-hydrogen) atoms. The van der Waals surface area contributed by atoms with E-state index in [1.165, 1.54) is 0 Å². The Hall–Kier alpha value is -1.31. The number of hydrogen-bond donors (Lipinski definition) is 1. The molecule has 0 radical (unpaired) electrons. The summed E-state index contributed by atoms with van der Waals surface area (Å²) in [7, 11) is -1.44. The second-order valence-corrected chi connectivity index (χ2v) is 10.1. The van der Waals surface area contributed by atoms with Crippen LogP contribution in [-0.4, -0.2) is 68.0 Å². The number of hydrogen-bond acceptors (Lipinski definition) is 5. The molecule has 1 heterocycles. The van der Waals surface area contributed by atoms with Crippen LogP contribution in [0.4, 0.5) is 0 Å². The van der Waals surface area contributed by atoms with Gasteiger partial charge in [-0.15, -0.1) is 0 Å². The number of rotatable bonds is 3. The van der Waals surface area contributed by atoms with Crippen LogP contribution in [0, 0.1) is 0 Å². The third kappa shape index (κ3) is 5.67. The predicted molar refractivity (Wildman–Crippen MR) is 91.3 cm³/mol. The fourth-order valence-corrected chi connectivity index (χ4v) is 3.69. The first-order valence-electron chi connectivity index (χ1n) is 7.78. The molecule has 1 fully saturated rings. The summed E-state index contributed by atoms with van der Waals surface area (Å²) in [5.74, 6) is 0.436. The minimum absolute atomic E-state index is 0.104. The minimum atomic E-state index is -3.09. The number of esters is 1. The summed E-state index contributed by atoms with van der Waals surface area (Å²) in [6.45, 7) is 10.1. The van der Waals surface area contributed by atoms with Crippen LogP contribution in [0.2, 0.25) is 0 Å². The maximum absolute atomic E-state index is 12.0. The van der Waals surface area contributed by atoms with Crippen molar-refractivity contribution in [1.29, 1.82) is 0 Å². The van der Waals surface area contributed by atoms with Gasteiger partial charge >= 0.3 is 5.97 Å². The van der Waals surface area contributed by atoms with Gasteiger partial charge < -0.3 is 15.0 Å². The van der Waals surface area contributed by atoms with Crippen LogP contribution < -0.4 is 5.32 Å². The van der Waals surface area contributed by atoms with E-state index in [1.54, 1.807) is 20.9 Å². The molecule has 1 saturated heterocycles. The standard InChI is InChI=1S/C15H29N3O4S/c1-14(2,3)22-12(19)7-8-17-13(16-6)18-9-10-23(20,21)15(4,5)11-18/h7-11H2,1-6H3,(H,16,17). The summed E-state index contributed by atoms with van der Waals surface area (Å²) in [4.78, 5) is 17.8. The average molecular weight is 347 g/mol. The summed E-state index contributed by atoms with van der Waals surface area (Å²) in [5, 5.41) is 3.10. The molecule has 8 heteroatoms. The Morgan fingerprint density at radius 2 is 1.96 bits per heavy atom. The molecular weight excluding hydrogens is 318 g/mol. The highest BCUT2D eigenvalue weighted by Gasteiger charge is 2.40. The first-order chi connectivity index (χ1) is 10.4. The van der Waals surface area contributed by atoms with Gasteiger partial charge in [0.2, 0.25) is 0 Å². The van der Waals surface area contributed by atoms with Crippen molar-refractivity contribution in [3.8, 4) is 0 Å². The highest BCUT2D eigenvalue weighted by Crippen LogP contribution is 2.23. The van der Waals surface area contributed by atoms with Gasteiger partial charge in [0, 0.05) is 26.7 Å². The van der Waals surface area contributed by atoms with Crippen LogP contribution in [0.1, 0.15) is 41.0 Å². The lowest BCUT2D eigenvalue weighted by molar-refractivity contribution is -0.154. The summed E-state index contributed by atoms with van der Waals surface area (Å²) >= 11 is 0. The van der Waals surface area contributed by atoms with Crippen molar-refractivity contribution >= 4 is 21.8 Å². The maximum atomic E-state index is 12.0. The number of sulfone groups is 1. The molecular formula is C15H29N3O4S. The minimum Gasteiger partial charge on any atom is -0.460 e. The van der Waals surface area contributed by atoms with E-state index in [1.807, 2.05) is 25.7 Å². The van der Waals surface area contributed by atoms with Gasteiger partial charge in [-0.3, -0.25) is 9.79 Å². The molecule has 0 aliphatic carbocycles. The Bertz CT molecular complexity index is 562. The molecule has 1 aliphatic rings. The van der Waals surface area contributed by atoms with Gasteiger partial charge in [-0.05, 0) is 34.6 Å².